The summed E-state index contributed by atoms with van der Waals surface area (Å²) in [5, 5.41) is 2.67. The van der Waals surface area contributed by atoms with Gasteiger partial charge in [-0.3, -0.25) is 9.38 Å². The lowest BCUT2D eigenvalue weighted by Crippen LogP contribution is -2.24. The molecule has 3 aromatic rings. The minimum atomic E-state index is -0.443. The van der Waals surface area contributed by atoms with E-state index in [0.29, 0.717) is 13.0 Å². The summed E-state index contributed by atoms with van der Waals surface area (Å²) in [6, 6.07) is 9.54. The number of fused-ring (bicyclic) bond motifs is 1. The summed E-state index contributed by atoms with van der Waals surface area (Å²) in [5.74, 6) is 6.04. The largest absolute Gasteiger partial charge is 0.445 e. The SMILES string of the molecule is O=C(NCCC#Cc1cnc2cnccn12)OCc1ccccc1. The van der Waals surface area contributed by atoms with E-state index >= 15 is 0 Å². The first kappa shape index (κ1) is 15.6. The van der Waals surface area contributed by atoms with Crippen molar-refractivity contribution in [1.82, 2.24) is 19.7 Å². The maximum atomic E-state index is 11.6. The maximum Gasteiger partial charge on any atom is 0.407 e. The number of ether oxygens (including phenoxy) is 1. The van der Waals surface area contributed by atoms with Gasteiger partial charge in [0, 0.05) is 25.4 Å². The second-order valence-corrected chi connectivity index (χ2v) is 4.99. The number of carbonyl (C=O) groups is 1. The number of aromatic nitrogens is 3. The minimum Gasteiger partial charge on any atom is -0.445 e. The number of alkyl carbamates (subject to hydrolysis) is 1. The normalized spacial score (nSPS) is 10.0. The number of nitrogens with one attached hydrogen (secondary N) is 1. The summed E-state index contributed by atoms with van der Waals surface area (Å²) in [6.07, 6.45) is 6.96. The van der Waals surface area contributed by atoms with E-state index in [1.54, 1.807) is 18.6 Å². The molecule has 0 spiro atoms. The second-order valence-electron chi connectivity index (χ2n) is 4.99. The van der Waals surface area contributed by atoms with Crippen LogP contribution < -0.4 is 5.32 Å². The van der Waals surface area contributed by atoms with E-state index < -0.39 is 6.09 Å². The van der Waals surface area contributed by atoms with Crippen LogP contribution in [0.3, 0.4) is 0 Å². The lowest BCUT2D eigenvalue weighted by molar-refractivity contribution is 0.140. The molecule has 6 heteroatoms. The molecule has 1 aromatic carbocycles. The van der Waals surface area contributed by atoms with Gasteiger partial charge >= 0.3 is 6.09 Å². The van der Waals surface area contributed by atoms with Crippen molar-refractivity contribution in [2.24, 2.45) is 0 Å². The van der Waals surface area contributed by atoms with Gasteiger partial charge < -0.3 is 10.1 Å². The average Bonchev–Trinajstić information content (AvgIpc) is 3.04. The van der Waals surface area contributed by atoms with Crippen LogP contribution >= 0.6 is 0 Å². The number of hydrogen-bond donors (Lipinski definition) is 1. The molecule has 0 radical (unpaired) electrons. The van der Waals surface area contributed by atoms with Gasteiger partial charge in [0.25, 0.3) is 0 Å². The molecule has 0 aliphatic rings. The molecule has 6 nitrogen and oxygen atoms in total. The molecule has 120 valence electrons. The van der Waals surface area contributed by atoms with E-state index in [4.69, 9.17) is 4.74 Å². The maximum absolute atomic E-state index is 11.6. The molecule has 0 unspecified atom stereocenters. The monoisotopic (exact) mass is 320 g/mol. The van der Waals surface area contributed by atoms with Crippen molar-refractivity contribution >= 4 is 11.7 Å². The fraction of sp³-hybridized carbons (Fsp3) is 0.167. The van der Waals surface area contributed by atoms with Crippen LogP contribution in [0, 0.1) is 11.8 Å². The fourth-order valence-electron chi connectivity index (χ4n) is 2.09. The third kappa shape index (κ3) is 4.11. The van der Waals surface area contributed by atoms with Crippen LogP contribution in [0.15, 0.2) is 55.1 Å². The van der Waals surface area contributed by atoms with Crippen molar-refractivity contribution in [2.45, 2.75) is 13.0 Å². The summed E-state index contributed by atoms with van der Waals surface area (Å²) < 4.78 is 6.98. The predicted molar refractivity (Wildman–Crippen MR) is 89.1 cm³/mol. The summed E-state index contributed by atoms with van der Waals surface area (Å²) >= 11 is 0. The minimum absolute atomic E-state index is 0.258. The Kier molecular flexibility index (Phi) is 5.05. The van der Waals surface area contributed by atoms with Gasteiger partial charge in [-0.1, -0.05) is 36.3 Å². The Labute approximate surface area is 139 Å². The van der Waals surface area contributed by atoms with Crippen LogP contribution in [0.5, 0.6) is 0 Å². The summed E-state index contributed by atoms with van der Waals surface area (Å²) in [4.78, 5) is 19.8. The van der Waals surface area contributed by atoms with Gasteiger partial charge in [0.2, 0.25) is 0 Å². The Morgan fingerprint density at radius 2 is 2.12 bits per heavy atom. The molecule has 1 amide bonds. The van der Waals surface area contributed by atoms with Crippen LogP contribution in [0.4, 0.5) is 4.79 Å². The summed E-state index contributed by atoms with van der Waals surface area (Å²) in [7, 11) is 0. The zero-order valence-electron chi connectivity index (χ0n) is 13.0. The van der Waals surface area contributed by atoms with E-state index in [0.717, 1.165) is 16.9 Å². The highest BCUT2D eigenvalue weighted by Crippen LogP contribution is 2.03. The van der Waals surface area contributed by atoms with E-state index in [2.05, 4.69) is 27.1 Å². The Hall–Kier alpha value is -3.33. The van der Waals surface area contributed by atoms with Crippen molar-refractivity contribution in [2.75, 3.05) is 6.54 Å². The smallest absolute Gasteiger partial charge is 0.407 e. The lowest BCUT2D eigenvalue weighted by atomic mass is 10.2. The van der Waals surface area contributed by atoms with Gasteiger partial charge in [-0.05, 0) is 11.5 Å². The van der Waals surface area contributed by atoms with Crippen LogP contribution in [-0.4, -0.2) is 27.0 Å². The number of benzene rings is 1. The number of rotatable bonds is 4. The molecule has 24 heavy (non-hydrogen) atoms. The zero-order valence-corrected chi connectivity index (χ0v) is 13.0. The van der Waals surface area contributed by atoms with Crippen LogP contribution in [0.1, 0.15) is 17.7 Å². The summed E-state index contributed by atoms with van der Waals surface area (Å²) in [6.45, 7) is 0.688. The van der Waals surface area contributed by atoms with E-state index in [1.165, 1.54) is 0 Å². The zero-order chi connectivity index (χ0) is 16.6. The number of nitrogens with zero attached hydrogens (tertiary/aromatic N) is 3. The van der Waals surface area contributed by atoms with Crippen molar-refractivity contribution in [3.63, 3.8) is 0 Å². The standard InChI is InChI=1S/C18H16N4O2/c23-18(24-14-15-6-2-1-3-7-15)20-9-5-4-8-16-12-21-17-13-19-10-11-22(16)17/h1-3,6-7,10-13H,5,9,14H2,(H,20,23). The topological polar surface area (TPSA) is 68.5 Å². The predicted octanol–water partition coefficient (Wildman–Crippen LogP) is 2.40. The number of carbonyl (C=O) groups excluding carboxylic acids is 1. The van der Waals surface area contributed by atoms with E-state index in [9.17, 15) is 4.79 Å². The lowest BCUT2D eigenvalue weighted by Gasteiger charge is -2.05. The third-order valence-corrected chi connectivity index (χ3v) is 3.27. The molecule has 2 heterocycles. The van der Waals surface area contributed by atoms with Gasteiger partial charge in [-0.25, -0.2) is 9.78 Å². The number of amides is 1. The van der Waals surface area contributed by atoms with Crippen LogP contribution in [0.2, 0.25) is 0 Å². The Morgan fingerprint density at radius 1 is 1.25 bits per heavy atom. The fourth-order valence-corrected chi connectivity index (χ4v) is 2.09. The molecule has 1 N–H and O–H groups in total. The van der Waals surface area contributed by atoms with Crippen LogP contribution in [0.25, 0.3) is 5.65 Å². The highest BCUT2D eigenvalue weighted by Gasteiger charge is 2.01. The van der Waals surface area contributed by atoms with Gasteiger partial charge in [0.15, 0.2) is 5.65 Å². The van der Waals surface area contributed by atoms with Gasteiger partial charge in [0.1, 0.15) is 12.3 Å². The highest BCUT2D eigenvalue weighted by atomic mass is 16.5. The number of hydrogen-bond acceptors (Lipinski definition) is 4. The first-order valence-electron chi connectivity index (χ1n) is 7.53. The van der Waals surface area contributed by atoms with Gasteiger partial charge in [-0.15, -0.1) is 0 Å². The number of imidazole rings is 1. The first-order chi connectivity index (χ1) is 11.8. The highest BCUT2D eigenvalue weighted by molar-refractivity contribution is 5.67. The molecule has 0 aliphatic carbocycles. The molecule has 0 bridgehead atoms. The molecular weight excluding hydrogens is 304 g/mol. The van der Waals surface area contributed by atoms with E-state index in [1.807, 2.05) is 40.9 Å². The van der Waals surface area contributed by atoms with E-state index in [-0.39, 0.29) is 6.61 Å². The van der Waals surface area contributed by atoms with Crippen molar-refractivity contribution in [3.05, 3.63) is 66.4 Å². The molecule has 2 aromatic heterocycles. The van der Waals surface area contributed by atoms with Gasteiger partial charge in [-0.2, -0.15) is 0 Å². The van der Waals surface area contributed by atoms with Crippen molar-refractivity contribution in [1.29, 1.82) is 0 Å². The van der Waals surface area contributed by atoms with Gasteiger partial charge in [0.05, 0.1) is 12.4 Å². The molecule has 0 fully saturated rings. The molecule has 0 saturated heterocycles. The average molecular weight is 320 g/mol. The Morgan fingerprint density at radius 3 is 3.00 bits per heavy atom. The molecule has 0 aliphatic heterocycles. The second kappa shape index (κ2) is 7.79. The molecule has 0 saturated carbocycles. The summed E-state index contributed by atoms with van der Waals surface area (Å²) in [5.41, 5.74) is 2.50. The third-order valence-electron chi connectivity index (χ3n) is 3.27. The Bertz CT molecular complexity index is 878. The van der Waals surface area contributed by atoms with Crippen molar-refractivity contribution in [3.8, 4) is 11.8 Å². The quantitative estimate of drug-likeness (QED) is 0.592. The van der Waals surface area contributed by atoms with Crippen LogP contribution in [-0.2, 0) is 11.3 Å². The molecule has 0 atom stereocenters. The first-order valence-corrected chi connectivity index (χ1v) is 7.53. The van der Waals surface area contributed by atoms with Crippen molar-refractivity contribution < 1.29 is 9.53 Å². The molecule has 3 rings (SSSR count). The Balaban J connectivity index is 1.42. The molecular formula is C18H16N4O2.